The van der Waals surface area contributed by atoms with E-state index in [-0.39, 0.29) is 18.4 Å². The van der Waals surface area contributed by atoms with Gasteiger partial charge in [-0.3, -0.25) is 4.99 Å². The molecule has 2 aromatic carbocycles. The van der Waals surface area contributed by atoms with Crippen molar-refractivity contribution in [2.45, 2.75) is 12.5 Å². The van der Waals surface area contributed by atoms with Crippen molar-refractivity contribution in [3.63, 3.8) is 0 Å². The van der Waals surface area contributed by atoms with Crippen LogP contribution >= 0.6 is 24.0 Å². The summed E-state index contributed by atoms with van der Waals surface area (Å²) in [6.45, 7) is 1.73. The fourth-order valence-corrected chi connectivity index (χ4v) is 2.69. The van der Waals surface area contributed by atoms with Crippen LogP contribution in [0.25, 0.3) is 0 Å². The lowest BCUT2D eigenvalue weighted by Gasteiger charge is -2.21. The lowest BCUT2D eigenvalue weighted by molar-refractivity contribution is 0.634. The predicted molar refractivity (Wildman–Crippen MR) is 95.0 cm³/mol. The molecule has 1 atom stereocenters. The minimum Gasteiger partial charge on any atom is -0.355 e. The minimum atomic E-state index is 0. The van der Waals surface area contributed by atoms with E-state index in [1.54, 1.807) is 0 Å². The Hall–Kier alpha value is -1.71. The molecule has 0 fully saturated rings. The first-order chi connectivity index (χ1) is 10.3. The quantitative estimate of drug-likeness (QED) is 0.895. The Balaban J connectivity index is 0.00000176. The standard InChI is InChI=1S/C17H18ClN3.ClH/c18-15-9-5-4-8-14(15)12-16(13-6-2-1-3-7-13)21-17-19-10-11-20-17;/h1-9,16H,10-12H2,(H2,19,20,21);1H. The number of aliphatic imine (C=N–C) groups is 1. The van der Waals surface area contributed by atoms with Crippen molar-refractivity contribution in [2.24, 2.45) is 4.99 Å². The van der Waals surface area contributed by atoms with Crippen molar-refractivity contribution < 1.29 is 0 Å². The lowest BCUT2D eigenvalue weighted by Crippen LogP contribution is -2.37. The summed E-state index contributed by atoms with van der Waals surface area (Å²) in [7, 11) is 0. The van der Waals surface area contributed by atoms with E-state index in [0.29, 0.717) is 0 Å². The van der Waals surface area contributed by atoms with Gasteiger partial charge < -0.3 is 10.6 Å². The molecule has 3 rings (SSSR count). The average Bonchev–Trinajstić information content (AvgIpc) is 3.03. The number of guanidine groups is 1. The third-order valence-corrected chi connectivity index (χ3v) is 3.94. The number of rotatable bonds is 4. The normalized spacial score (nSPS) is 14.5. The molecule has 2 N–H and O–H groups in total. The third-order valence-electron chi connectivity index (χ3n) is 3.57. The first-order valence-corrected chi connectivity index (χ1v) is 7.54. The van der Waals surface area contributed by atoms with E-state index in [2.05, 4.69) is 46.0 Å². The number of nitrogens with zero attached hydrogens (tertiary/aromatic N) is 1. The zero-order valence-electron chi connectivity index (χ0n) is 12.1. The maximum absolute atomic E-state index is 6.30. The van der Waals surface area contributed by atoms with E-state index in [1.165, 1.54) is 5.56 Å². The monoisotopic (exact) mass is 335 g/mol. The molecule has 0 spiro atoms. The fraction of sp³-hybridized carbons (Fsp3) is 0.235. The number of benzene rings is 2. The van der Waals surface area contributed by atoms with Gasteiger partial charge in [-0.1, -0.05) is 60.1 Å². The van der Waals surface area contributed by atoms with E-state index >= 15 is 0 Å². The van der Waals surface area contributed by atoms with Crippen LogP contribution in [0.1, 0.15) is 17.2 Å². The van der Waals surface area contributed by atoms with Crippen molar-refractivity contribution in [1.82, 2.24) is 10.6 Å². The van der Waals surface area contributed by atoms with Gasteiger partial charge in [0.25, 0.3) is 0 Å². The first kappa shape index (κ1) is 16.7. The Morgan fingerprint density at radius 2 is 1.82 bits per heavy atom. The van der Waals surface area contributed by atoms with Crippen LogP contribution in [-0.2, 0) is 6.42 Å². The molecular formula is C17H19Cl2N3. The lowest BCUT2D eigenvalue weighted by atomic mass is 9.99. The molecule has 0 bridgehead atoms. The summed E-state index contributed by atoms with van der Waals surface area (Å²) in [6.07, 6.45) is 0.824. The molecule has 0 aromatic heterocycles. The largest absolute Gasteiger partial charge is 0.355 e. The molecule has 0 aliphatic carbocycles. The molecule has 0 amide bonds. The second-order valence-electron chi connectivity index (χ2n) is 5.06. The Morgan fingerprint density at radius 1 is 1.09 bits per heavy atom. The van der Waals surface area contributed by atoms with E-state index in [0.717, 1.165) is 36.1 Å². The van der Waals surface area contributed by atoms with Crippen LogP contribution in [0.15, 0.2) is 59.6 Å². The highest BCUT2D eigenvalue weighted by Crippen LogP contribution is 2.23. The zero-order valence-corrected chi connectivity index (χ0v) is 13.7. The second-order valence-corrected chi connectivity index (χ2v) is 5.47. The third kappa shape index (κ3) is 4.15. The van der Waals surface area contributed by atoms with Crippen LogP contribution in [0, 0.1) is 0 Å². The highest BCUT2D eigenvalue weighted by atomic mass is 35.5. The summed E-state index contributed by atoms with van der Waals surface area (Å²) in [5.41, 5.74) is 2.37. The van der Waals surface area contributed by atoms with Gasteiger partial charge >= 0.3 is 0 Å². The molecule has 22 heavy (non-hydrogen) atoms. The smallest absolute Gasteiger partial charge is 0.191 e. The van der Waals surface area contributed by atoms with Crippen LogP contribution in [-0.4, -0.2) is 19.0 Å². The van der Waals surface area contributed by atoms with Gasteiger partial charge in [0.1, 0.15) is 0 Å². The summed E-state index contributed by atoms with van der Waals surface area (Å²) in [6, 6.07) is 18.5. The van der Waals surface area contributed by atoms with Crippen molar-refractivity contribution >= 4 is 30.0 Å². The van der Waals surface area contributed by atoms with Gasteiger partial charge in [0.15, 0.2) is 5.96 Å². The molecule has 116 valence electrons. The molecule has 0 saturated heterocycles. The first-order valence-electron chi connectivity index (χ1n) is 7.16. The average molecular weight is 336 g/mol. The van der Waals surface area contributed by atoms with Gasteiger partial charge in [0.05, 0.1) is 12.6 Å². The minimum absolute atomic E-state index is 0. The number of hydrogen-bond donors (Lipinski definition) is 2. The van der Waals surface area contributed by atoms with Crippen LogP contribution in [0.3, 0.4) is 0 Å². The van der Waals surface area contributed by atoms with Gasteiger partial charge in [0, 0.05) is 11.6 Å². The predicted octanol–water partition coefficient (Wildman–Crippen LogP) is 3.59. The maximum Gasteiger partial charge on any atom is 0.191 e. The number of hydrogen-bond acceptors (Lipinski definition) is 3. The van der Waals surface area contributed by atoms with E-state index in [9.17, 15) is 0 Å². The van der Waals surface area contributed by atoms with Gasteiger partial charge in [-0.15, -0.1) is 12.4 Å². The maximum atomic E-state index is 6.30. The van der Waals surface area contributed by atoms with Crippen molar-refractivity contribution in [1.29, 1.82) is 0 Å². The highest BCUT2D eigenvalue weighted by molar-refractivity contribution is 6.31. The second kappa shape index (κ2) is 8.06. The molecule has 3 nitrogen and oxygen atoms in total. The molecule has 1 heterocycles. The molecule has 0 radical (unpaired) electrons. The molecule has 1 aliphatic heterocycles. The van der Waals surface area contributed by atoms with Gasteiger partial charge in [-0.25, -0.2) is 0 Å². The zero-order chi connectivity index (χ0) is 14.5. The molecule has 1 unspecified atom stereocenters. The summed E-state index contributed by atoms with van der Waals surface area (Å²) < 4.78 is 0. The van der Waals surface area contributed by atoms with Crippen LogP contribution in [0.2, 0.25) is 5.02 Å². The highest BCUT2D eigenvalue weighted by Gasteiger charge is 2.16. The SMILES string of the molecule is Cl.Clc1ccccc1CC(NC1=NCCN1)c1ccccc1. The summed E-state index contributed by atoms with van der Waals surface area (Å²) in [5.74, 6) is 0.871. The van der Waals surface area contributed by atoms with E-state index in [4.69, 9.17) is 11.6 Å². The fourth-order valence-electron chi connectivity index (χ4n) is 2.48. The summed E-state index contributed by atoms with van der Waals surface area (Å²) >= 11 is 6.30. The van der Waals surface area contributed by atoms with Crippen molar-refractivity contribution in [3.8, 4) is 0 Å². The molecule has 1 aliphatic rings. The van der Waals surface area contributed by atoms with Crippen LogP contribution < -0.4 is 10.6 Å². The van der Waals surface area contributed by atoms with E-state index in [1.807, 2.05) is 24.3 Å². The molecular weight excluding hydrogens is 317 g/mol. The Morgan fingerprint density at radius 3 is 2.50 bits per heavy atom. The Bertz CT molecular complexity index is 629. The van der Waals surface area contributed by atoms with Crippen molar-refractivity contribution in [3.05, 3.63) is 70.7 Å². The molecule has 2 aromatic rings. The van der Waals surface area contributed by atoms with Gasteiger partial charge in [0.2, 0.25) is 0 Å². The Kier molecular flexibility index (Phi) is 6.10. The van der Waals surface area contributed by atoms with Gasteiger partial charge in [-0.05, 0) is 23.6 Å². The van der Waals surface area contributed by atoms with Crippen LogP contribution in [0.4, 0.5) is 0 Å². The molecule has 5 heteroatoms. The summed E-state index contributed by atoms with van der Waals surface area (Å²) in [4.78, 5) is 4.43. The van der Waals surface area contributed by atoms with Gasteiger partial charge in [-0.2, -0.15) is 0 Å². The van der Waals surface area contributed by atoms with E-state index < -0.39 is 0 Å². The Labute approximate surface area is 142 Å². The van der Waals surface area contributed by atoms with Crippen LogP contribution in [0.5, 0.6) is 0 Å². The van der Waals surface area contributed by atoms with Crippen molar-refractivity contribution in [2.75, 3.05) is 13.1 Å². The number of nitrogens with one attached hydrogen (secondary N) is 2. The summed E-state index contributed by atoms with van der Waals surface area (Å²) in [5, 5.41) is 7.56. The molecule has 0 saturated carbocycles. The number of halogens is 2. The topological polar surface area (TPSA) is 36.4 Å².